The summed E-state index contributed by atoms with van der Waals surface area (Å²) in [6.45, 7) is 6.29. The molecular weight excluding hydrogens is 452 g/mol. The van der Waals surface area contributed by atoms with Gasteiger partial charge in [-0.1, -0.05) is 55.8 Å². The second-order valence-corrected chi connectivity index (χ2v) is 9.47. The Morgan fingerprint density at radius 1 is 0.778 bits per heavy atom. The van der Waals surface area contributed by atoms with Crippen LogP contribution in [0.25, 0.3) is 11.1 Å². The van der Waals surface area contributed by atoms with E-state index in [2.05, 4.69) is 6.92 Å². The van der Waals surface area contributed by atoms with Crippen LogP contribution < -0.4 is 9.47 Å². The Morgan fingerprint density at radius 3 is 1.97 bits per heavy atom. The molecule has 1 fully saturated rings. The highest BCUT2D eigenvalue weighted by atomic mass is 16.5. The van der Waals surface area contributed by atoms with E-state index in [1.165, 1.54) is 0 Å². The number of benzene rings is 3. The van der Waals surface area contributed by atoms with E-state index in [0.29, 0.717) is 11.3 Å². The summed E-state index contributed by atoms with van der Waals surface area (Å²) in [5.41, 5.74) is 2.95. The van der Waals surface area contributed by atoms with Gasteiger partial charge in [0.2, 0.25) is 0 Å². The van der Waals surface area contributed by atoms with E-state index in [9.17, 15) is 4.79 Å². The molecule has 3 aromatic rings. The van der Waals surface area contributed by atoms with Gasteiger partial charge in [-0.15, -0.1) is 0 Å². The number of ether oxygens (including phenoxy) is 4. The van der Waals surface area contributed by atoms with Crippen LogP contribution in [0.1, 0.15) is 49.4 Å². The van der Waals surface area contributed by atoms with Crippen LogP contribution in [0.5, 0.6) is 11.5 Å². The summed E-state index contributed by atoms with van der Waals surface area (Å²) in [5, 5.41) is 0. The van der Waals surface area contributed by atoms with Crippen molar-refractivity contribution in [3.05, 3.63) is 84.4 Å². The number of hydrogen-bond acceptors (Lipinski definition) is 5. The van der Waals surface area contributed by atoms with E-state index in [0.717, 1.165) is 82.0 Å². The van der Waals surface area contributed by atoms with Crippen molar-refractivity contribution in [3.63, 3.8) is 0 Å². The van der Waals surface area contributed by atoms with Crippen molar-refractivity contribution in [2.75, 3.05) is 33.0 Å². The minimum absolute atomic E-state index is 0.282. The van der Waals surface area contributed by atoms with Gasteiger partial charge in [0.25, 0.3) is 0 Å². The minimum atomic E-state index is -0.359. The molecule has 1 aliphatic heterocycles. The van der Waals surface area contributed by atoms with Crippen LogP contribution >= 0.6 is 0 Å². The molecule has 36 heavy (non-hydrogen) atoms. The third-order valence-electron chi connectivity index (χ3n) is 6.69. The van der Waals surface area contributed by atoms with Gasteiger partial charge in [-0.2, -0.15) is 0 Å². The molecule has 0 aliphatic carbocycles. The van der Waals surface area contributed by atoms with E-state index in [-0.39, 0.29) is 11.4 Å². The lowest BCUT2D eigenvalue weighted by Gasteiger charge is -2.40. The number of carbonyl (C=O) groups excluding carboxylic acids is 1. The van der Waals surface area contributed by atoms with E-state index in [4.69, 9.17) is 18.9 Å². The zero-order valence-corrected chi connectivity index (χ0v) is 21.1. The highest BCUT2D eigenvalue weighted by molar-refractivity contribution is 5.91. The molecule has 5 heteroatoms. The fourth-order valence-electron chi connectivity index (χ4n) is 4.12. The molecule has 1 heterocycles. The third-order valence-corrected chi connectivity index (χ3v) is 6.69. The summed E-state index contributed by atoms with van der Waals surface area (Å²) in [7, 11) is 0. The Balaban J connectivity index is 1.11. The van der Waals surface area contributed by atoms with Gasteiger partial charge in [-0.05, 0) is 73.2 Å². The maximum absolute atomic E-state index is 12.2. The topological polar surface area (TPSA) is 54.0 Å². The Morgan fingerprint density at radius 2 is 1.39 bits per heavy atom. The van der Waals surface area contributed by atoms with E-state index < -0.39 is 0 Å². The second kappa shape index (κ2) is 13.2. The number of esters is 1. The fourth-order valence-corrected chi connectivity index (χ4v) is 4.12. The molecule has 0 spiro atoms. The fraction of sp³-hybridized carbons (Fsp3) is 0.387. The first-order valence-corrected chi connectivity index (χ1v) is 12.9. The lowest BCUT2D eigenvalue weighted by atomic mass is 9.84. The minimum Gasteiger partial charge on any atom is -0.494 e. The van der Waals surface area contributed by atoms with Gasteiger partial charge < -0.3 is 18.9 Å². The summed E-state index contributed by atoms with van der Waals surface area (Å²) in [4.78, 5) is 12.2. The van der Waals surface area contributed by atoms with Crippen molar-refractivity contribution in [2.24, 2.45) is 5.41 Å². The van der Waals surface area contributed by atoms with Gasteiger partial charge in [-0.25, -0.2) is 4.79 Å². The summed E-state index contributed by atoms with van der Waals surface area (Å²) in [5.74, 6) is 1.04. The van der Waals surface area contributed by atoms with Gasteiger partial charge >= 0.3 is 5.97 Å². The molecule has 0 bridgehead atoms. The van der Waals surface area contributed by atoms with Gasteiger partial charge in [-0.3, -0.25) is 0 Å². The van der Waals surface area contributed by atoms with Crippen molar-refractivity contribution >= 4 is 5.97 Å². The monoisotopic (exact) mass is 488 g/mol. The smallest absolute Gasteiger partial charge is 0.343 e. The Labute approximate surface area is 214 Å². The van der Waals surface area contributed by atoms with Crippen LogP contribution in [0.15, 0.2) is 78.9 Å². The normalized spacial score (nSPS) is 14.1. The standard InChI is InChI=1S/C31H36O5/c1-2-31(23-34-24-31)22-33-20-8-3-4-9-21-35-28-16-12-25(13-17-28)26-14-18-29(19-15-26)36-30(32)27-10-6-5-7-11-27/h5-7,10-19H,2-4,8-9,20-24H2,1H3. The van der Waals surface area contributed by atoms with Crippen LogP contribution in [-0.4, -0.2) is 39.0 Å². The largest absolute Gasteiger partial charge is 0.494 e. The second-order valence-electron chi connectivity index (χ2n) is 9.47. The zero-order valence-electron chi connectivity index (χ0n) is 21.1. The van der Waals surface area contributed by atoms with Crippen LogP contribution in [0, 0.1) is 5.41 Å². The first kappa shape index (κ1) is 25.9. The summed E-state index contributed by atoms with van der Waals surface area (Å²) in [6.07, 6.45) is 5.57. The number of hydrogen-bond donors (Lipinski definition) is 0. The Kier molecular flexibility index (Phi) is 9.54. The lowest BCUT2D eigenvalue weighted by Crippen LogP contribution is -2.45. The molecule has 0 unspecified atom stereocenters. The molecule has 0 amide bonds. The average Bonchev–Trinajstić information content (AvgIpc) is 2.90. The number of carbonyl (C=O) groups is 1. The van der Waals surface area contributed by atoms with Crippen molar-refractivity contribution in [2.45, 2.75) is 39.0 Å². The molecule has 0 saturated carbocycles. The van der Waals surface area contributed by atoms with E-state index in [1.54, 1.807) is 12.1 Å². The van der Waals surface area contributed by atoms with Crippen molar-refractivity contribution in [1.29, 1.82) is 0 Å². The molecule has 0 atom stereocenters. The quantitative estimate of drug-likeness (QED) is 0.140. The first-order chi connectivity index (χ1) is 17.7. The maximum atomic E-state index is 12.2. The molecule has 1 aliphatic rings. The molecule has 4 rings (SSSR count). The SMILES string of the molecule is CCC1(COCCCCCCOc2ccc(-c3ccc(OC(=O)c4ccccc4)cc3)cc2)COC1. The van der Waals surface area contributed by atoms with Gasteiger partial charge in [0.15, 0.2) is 0 Å². The predicted molar refractivity (Wildman–Crippen MR) is 142 cm³/mol. The zero-order chi connectivity index (χ0) is 25.1. The van der Waals surface area contributed by atoms with Gasteiger partial charge in [0.1, 0.15) is 11.5 Å². The number of rotatable bonds is 14. The predicted octanol–water partition coefficient (Wildman–Crippen LogP) is 6.96. The molecule has 1 saturated heterocycles. The highest BCUT2D eigenvalue weighted by Crippen LogP contribution is 2.31. The molecule has 0 N–H and O–H groups in total. The number of unbranched alkanes of at least 4 members (excludes halogenated alkanes) is 3. The Bertz CT molecular complexity index is 1050. The van der Waals surface area contributed by atoms with Crippen molar-refractivity contribution < 1.29 is 23.7 Å². The van der Waals surface area contributed by atoms with Gasteiger partial charge in [0, 0.05) is 12.0 Å². The molecule has 3 aromatic carbocycles. The summed E-state index contributed by atoms with van der Waals surface area (Å²) >= 11 is 0. The average molecular weight is 489 g/mol. The maximum Gasteiger partial charge on any atom is 0.343 e. The van der Waals surface area contributed by atoms with E-state index >= 15 is 0 Å². The summed E-state index contributed by atoms with van der Waals surface area (Å²) in [6, 6.07) is 24.6. The first-order valence-electron chi connectivity index (χ1n) is 12.9. The Hall–Kier alpha value is -3.15. The van der Waals surface area contributed by atoms with Crippen molar-refractivity contribution in [1.82, 2.24) is 0 Å². The summed E-state index contributed by atoms with van der Waals surface area (Å²) < 4.78 is 22.6. The molecular formula is C31H36O5. The molecule has 0 aromatic heterocycles. The van der Waals surface area contributed by atoms with E-state index in [1.807, 2.05) is 66.7 Å². The third kappa shape index (κ3) is 7.42. The highest BCUT2D eigenvalue weighted by Gasteiger charge is 2.36. The van der Waals surface area contributed by atoms with Crippen LogP contribution in [-0.2, 0) is 9.47 Å². The molecule has 5 nitrogen and oxygen atoms in total. The van der Waals surface area contributed by atoms with Crippen LogP contribution in [0.4, 0.5) is 0 Å². The lowest BCUT2D eigenvalue weighted by molar-refractivity contribution is -0.150. The van der Waals surface area contributed by atoms with Gasteiger partial charge in [0.05, 0.1) is 32.0 Å². The molecule has 0 radical (unpaired) electrons. The van der Waals surface area contributed by atoms with Crippen molar-refractivity contribution in [3.8, 4) is 22.6 Å². The molecule has 190 valence electrons. The van der Waals surface area contributed by atoms with Crippen LogP contribution in [0.2, 0.25) is 0 Å². The van der Waals surface area contributed by atoms with Crippen LogP contribution in [0.3, 0.4) is 0 Å².